The highest BCUT2D eigenvalue weighted by atomic mass is 79.9. The Morgan fingerprint density at radius 3 is 2.46 bits per heavy atom. The van der Waals surface area contributed by atoms with Crippen molar-refractivity contribution in [2.75, 3.05) is 5.33 Å². The number of rotatable bonds is 2. The lowest BCUT2D eigenvalue weighted by atomic mass is 10.0. The Morgan fingerprint density at radius 2 is 1.92 bits per heavy atom. The molecule has 0 heterocycles. The summed E-state index contributed by atoms with van der Waals surface area (Å²) in [6.07, 6.45) is 0. The molecule has 0 aromatic heterocycles. The number of aryl methyl sites for hydroxylation is 2. The molecule has 1 aromatic carbocycles. The Bertz CT molecular complexity index is 347. The SMILES string of the molecule is Cc1ccc(C)c(C(=O)CBr)c1Cl. The van der Waals surface area contributed by atoms with E-state index in [0.29, 0.717) is 15.9 Å². The van der Waals surface area contributed by atoms with Gasteiger partial charge in [0.2, 0.25) is 0 Å². The molecule has 70 valence electrons. The van der Waals surface area contributed by atoms with Crippen LogP contribution in [0.5, 0.6) is 0 Å². The first kappa shape index (κ1) is 10.7. The van der Waals surface area contributed by atoms with Gasteiger partial charge in [-0.2, -0.15) is 0 Å². The molecule has 0 unspecified atom stereocenters. The molecule has 1 aromatic rings. The molecule has 1 nitrogen and oxygen atoms in total. The van der Waals surface area contributed by atoms with Crippen LogP contribution >= 0.6 is 27.5 Å². The van der Waals surface area contributed by atoms with Crippen molar-refractivity contribution < 1.29 is 4.79 Å². The van der Waals surface area contributed by atoms with Crippen LogP contribution in [0, 0.1) is 13.8 Å². The summed E-state index contributed by atoms with van der Waals surface area (Å²) in [5.74, 6) is 0.0335. The molecule has 0 radical (unpaired) electrons. The fraction of sp³-hybridized carbons (Fsp3) is 0.300. The fourth-order valence-corrected chi connectivity index (χ4v) is 1.78. The number of Topliss-reactive ketones (excluding diaryl/α,β-unsaturated/α-hetero) is 1. The number of benzene rings is 1. The Kier molecular flexibility index (Phi) is 3.51. The summed E-state index contributed by atoms with van der Waals surface area (Å²) in [4.78, 5) is 11.5. The summed E-state index contributed by atoms with van der Waals surface area (Å²) in [5.41, 5.74) is 2.51. The van der Waals surface area contributed by atoms with Crippen molar-refractivity contribution >= 4 is 33.3 Å². The normalized spacial score (nSPS) is 10.2. The van der Waals surface area contributed by atoms with Crippen molar-refractivity contribution in [2.24, 2.45) is 0 Å². The molecule has 0 spiro atoms. The minimum absolute atomic E-state index is 0.0335. The number of hydrogen-bond donors (Lipinski definition) is 0. The van der Waals surface area contributed by atoms with E-state index in [0.717, 1.165) is 11.1 Å². The van der Waals surface area contributed by atoms with Crippen molar-refractivity contribution in [3.05, 3.63) is 33.8 Å². The van der Waals surface area contributed by atoms with Gasteiger partial charge in [-0.25, -0.2) is 0 Å². The molecular formula is C10H10BrClO. The molecule has 13 heavy (non-hydrogen) atoms. The molecule has 0 bridgehead atoms. The molecule has 0 N–H and O–H groups in total. The van der Waals surface area contributed by atoms with Crippen LogP contribution in [0.1, 0.15) is 21.5 Å². The second-order valence-corrected chi connectivity index (χ2v) is 3.88. The van der Waals surface area contributed by atoms with E-state index in [1.54, 1.807) is 0 Å². The number of carbonyl (C=O) groups is 1. The van der Waals surface area contributed by atoms with Gasteiger partial charge in [-0.05, 0) is 25.0 Å². The second-order valence-electron chi connectivity index (χ2n) is 2.95. The summed E-state index contributed by atoms with van der Waals surface area (Å²) >= 11 is 9.17. The number of hydrogen-bond acceptors (Lipinski definition) is 1. The van der Waals surface area contributed by atoms with Crippen LogP contribution in [-0.2, 0) is 0 Å². The van der Waals surface area contributed by atoms with Gasteiger partial charge >= 0.3 is 0 Å². The average Bonchev–Trinajstić information content (AvgIpc) is 2.12. The molecule has 0 saturated carbocycles. The zero-order chi connectivity index (χ0) is 10.0. The van der Waals surface area contributed by atoms with Gasteiger partial charge in [0, 0.05) is 5.56 Å². The quantitative estimate of drug-likeness (QED) is 0.588. The van der Waals surface area contributed by atoms with Gasteiger partial charge in [-0.15, -0.1) is 0 Å². The van der Waals surface area contributed by atoms with Gasteiger partial charge in [0.1, 0.15) is 0 Å². The Hall–Kier alpha value is -0.340. The molecule has 0 atom stereocenters. The minimum atomic E-state index is 0.0335. The Balaban J connectivity index is 3.33. The molecule has 3 heteroatoms. The van der Waals surface area contributed by atoms with Gasteiger partial charge in [0.15, 0.2) is 5.78 Å². The molecule has 0 fully saturated rings. The van der Waals surface area contributed by atoms with Gasteiger partial charge in [-0.1, -0.05) is 39.7 Å². The lowest BCUT2D eigenvalue weighted by Gasteiger charge is -2.07. The van der Waals surface area contributed by atoms with E-state index in [2.05, 4.69) is 15.9 Å². The summed E-state index contributed by atoms with van der Waals surface area (Å²) < 4.78 is 0. The highest BCUT2D eigenvalue weighted by molar-refractivity contribution is 9.09. The van der Waals surface area contributed by atoms with Gasteiger partial charge in [0.05, 0.1) is 10.4 Å². The van der Waals surface area contributed by atoms with E-state index in [1.807, 2.05) is 26.0 Å². The summed E-state index contributed by atoms with van der Waals surface area (Å²) in [5, 5.41) is 0.890. The maximum atomic E-state index is 11.5. The van der Waals surface area contributed by atoms with Crippen molar-refractivity contribution in [1.82, 2.24) is 0 Å². The van der Waals surface area contributed by atoms with Crippen molar-refractivity contribution in [2.45, 2.75) is 13.8 Å². The van der Waals surface area contributed by atoms with Crippen LogP contribution in [-0.4, -0.2) is 11.1 Å². The van der Waals surface area contributed by atoms with Gasteiger partial charge < -0.3 is 0 Å². The highest BCUT2D eigenvalue weighted by Gasteiger charge is 2.13. The van der Waals surface area contributed by atoms with Gasteiger partial charge in [-0.3, -0.25) is 4.79 Å². The van der Waals surface area contributed by atoms with E-state index >= 15 is 0 Å². The fourth-order valence-electron chi connectivity index (χ4n) is 1.19. The number of carbonyl (C=O) groups excluding carboxylic acids is 1. The standard InChI is InChI=1S/C10H10BrClO/c1-6-3-4-7(2)10(12)9(6)8(13)5-11/h3-4H,5H2,1-2H3. The molecule has 1 rings (SSSR count). The summed E-state index contributed by atoms with van der Waals surface area (Å²) in [7, 11) is 0. The van der Waals surface area contributed by atoms with Crippen molar-refractivity contribution in [1.29, 1.82) is 0 Å². The number of halogens is 2. The van der Waals surface area contributed by atoms with Crippen molar-refractivity contribution in [3.8, 4) is 0 Å². The third kappa shape index (κ3) is 2.12. The van der Waals surface area contributed by atoms with Crippen LogP contribution in [0.2, 0.25) is 5.02 Å². The van der Waals surface area contributed by atoms with Crippen LogP contribution in [0.25, 0.3) is 0 Å². The zero-order valence-corrected chi connectivity index (χ0v) is 9.87. The molecule has 0 amide bonds. The third-order valence-electron chi connectivity index (χ3n) is 1.94. The second kappa shape index (κ2) is 4.25. The summed E-state index contributed by atoms with van der Waals surface area (Å²) in [6.45, 7) is 3.79. The van der Waals surface area contributed by atoms with E-state index in [9.17, 15) is 4.79 Å². The van der Waals surface area contributed by atoms with Crippen LogP contribution in [0.3, 0.4) is 0 Å². The smallest absolute Gasteiger partial charge is 0.175 e. The van der Waals surface area contributed by atoms with E-state index in [-0.39, 0.29) is 5.78 Å². The topological polar surface area (TPSA) is 17.1 Å². The third-order valence-corrected chi connectivity index (χ3v) is 2.94. The monoisotopic (exact) mass is 260 g/mol. The first-order valence-electron chi connectivity index (χ1n) is 3.92. The van der Waals surface area contributed by atoms with Crippen molar-refractivity contribution in [3.63, 3.8) is 0 Å². The number of ketones is 1. The maximum Gasteiger partial charge on any atom is 0.175 e. The molecule has 0 aliphatic heterocycles. The molecule has 0 aliphatic rings. The van der Waals surface area contributed by atoms with E-state index in [1.165, 1.54) is 0 Å². The predicted molar refractivity (Wildman–Crippen MR) is 59.1 cm³/mol. The first-order chi connectivity index (χ1) is 6.07. The Morgan fingerprint density at radius 1 is 1.38 bits per heavy atom. The first-order valence-corrected chi connectivity index (χ1v) is 5.42. The molecule has 0 saturated heterocycles. The van der Waals surface area contributed by atoms with Crippen LogP contribution in [0.15, 0.2) is 12.1 Å². The average molecular weight is 262 g/mol. The van der Waals surface area contributed by atoms with Crippen LogP contribution in [0.4, 0.5) is 0 Å². The predicted octanol–water partition coefficient (Wildman–Crippen LogP) is 3.53. The maximum absolute atomic E-state index is 11.5. The molecular weight excluding hydrogens is 251 g/mol. The lowest BCUT2D eigenvalue weighted by molar-refractivity contribution is 0.102. The van der Waals surface area contributed by atoms with E-state index in [4.69, 9.17) is 11.6 Å². The Labute approximate surface area is 91.2 Å². The largest absolute Gasteiger partial charge is 0.293 e. The van der Waals surface area contributed by atoms with Gasteiger partial charge in [0.25, 0.3) is 0 Å². The molecule has 0 aliphatic carbocycles. The zero-order valence-electron chi connectivity index (χ0n) is 7.53. The summed E-state index contributed by atoms with van der Waals surface area (Å²) in [6, 6.07) is 3.83. The number of alkyl halides is 1. The van der Waals surface area contributed by atoms with Crippen LogP contribution < -0.4 is 0 Å². The highest BCUT2D eigenvalue weighted by Crippen LogP contribution is 2.24. The van der Waals surface area contributed by atoms with E-state index < -0.39 is 0 Å². The lowest BCUT2D eigenvalue weighted by Crippen LogP contribution is -2.04. The minimum Gasteiger partial charge on any atom is -0.293 e.